The van der Waals surface area contributed by atoms with Gasteiger partial charge in [-0.25, -0.2) is 4.79 Å². The number of rotatable bonds is 7. The molecule has 2 aliphatic carbocycles. The maximum absolute atomic E-state index is 13.9. The van der Waals surface area contributed by atoms with Crippen LogP contribution in [0, 0.1) is 29.6 Å². The van der Waals surface area contributed by atoms with Crippen molar-refractivity contribution in [2.45, 2.75) is 29.5 Å². The minimum atomic E-state index is -0.470. The maximum Gasteiger partial charge on any atom is 0.344 e. The number of H-pyrrole nitrogens is 1. The zero-order valence-electron chi connectivity index (χ0n) is 22.7. The summed E-state index contributed by atoms with van der Waals surface area (Å²) >= 11 is 6.28. The Kier molecular flexibility index (Phi) is 6.98. The van der Waals surface area contributed by atoms with E-state index in [2.05, 4.69) is 20.9 Å². The molecule has 12 heteroatoms. The van der Waals surface area contributed by atoms with Crippen LogP contribution in [-0.4, -0.2) is 48.3 Å². The first kappa shape index (κ1) is 27.7. The molecule has 1 N–H and O–H groups in total. The molecule has 1 saturated heterocycles. The van der Waals surface area contributed by atoms with Gasteiger partial charge in [-0.05, 0) is 73.1 Å². The van der Waals surface area contributed by atoms with Crippen LogP contribution in [-0.2, 0) is 19.1 Å². The summed E-state index contributed by atoms with van der Waals surface area (Å²) in [6, 6.07) is 12.9. The number of hydrogen-bond acceptors (Lipinski definition) is 9. The van der Waals surface area contributed by atoms with Crippen LogP contribution in [0.15, 0.2) is 56.8 Å². The minimum absolute atomic E-state index is 0.00418. The van der Waals surface area contributed by atoms with Gasteiger partial charge in [0.15, 0.2) is 18.1 Å². The van der Waals surface area contributed by atoms with E-state index in [-0.39, 0.29) is 70.7 Å². The summed E-state index contributed by atoms with van der Waals surface area (Å²) in [4.78, 5) is 57.4. The van der Waals surface area contributed by atoms with Crippen LogP contribution in [0.5, 0.6) is 11.5 Å². The molecule has 0 radical (unpaired) electrons. The normalized spacial score (nSPS) is 28.8. The van der Waals surface area contributed by atoms with Gasteiger partial charge in [0.2, 0.25) is 11.8 Å². The number of halogens is 1. The summed E-state index contributed by atoms with van der Waals surface area (Å²) in [5.41, 5.74) is 1.54. The van der Waals surface area contributed by atoms with E-state index in [9.17, 15) is 19.2 Å². The highest BCUT2D eigenvalue weighted by Crippen LogP contribution is 2.68. The van der Waals surface area contributed by atoms with Crippen LogP contribution >= 0.6 is 39.0 Å². The van der Waals surface area contributed by atoms with Crippen LogP contribution < -0.4 is 19.2 Å². The summed E-state index contributed by atoms with van der Waals surface area (Å²) in [5.74, 6) is -0.680. The first-order valence-corrected chi connectivity index (χ1v) is 16.3. The van der Waals surface area contributed by atoms with E-state index in [1.165, 1.54) is 23.3 Å². The van der Waals surface area contributed by atoms with Gasteiger partial charge in [0.05, 0.1) is 36.3 Å². The second-order valence-electron chi connectivity index (χ2n) is 11.0. The lowest BCUT2D eigenvalue weighted by atomic mass is 9.68. The molecule has 1 aromatic heterocycles. The van der Waals surface area contributed by atoms with Gasteiger partial charge in [-0.1, -0.05) is 33.3 Å². The predicted octanol–water partition coefficient (Wildman–Crippen LogP) is 4.83. The van der Waals surface area contributed by atoms with Crippen LogP contribution in [0.1, 0.15) is 29.7 Å². The van der Waals surface area contributed by atoms with Crippen LogP contribution in [0.25, 0.3) is 0 Å². The van der Waals surface area contributed by atoms with Crippen molar-refractivity contribution in [1.29, 1.82) is 0 Å². The highest BCUT2D eigenvalue weighted by molar-refractivity contribution is 9.10. The smallest absolute Gasteiger partial charge is 0.344 e. The van der Waals surface area contributed by atoms with Crippen molar-refractivity contribution in [2.75, 3.05) is 25.2 Å². The molecule has 2 bridgehead atoms. The molecule has 218 valence electrons. The second-order valence-corrected chi connectivity index (χ2v) is 14.1. The van der Waals surface area contributed by atoms with Crippen LogP contribution in [0.3, 0.4) is 0 Å². The zero-order chi connectivity index (χ0) is 29.3. The first-order valence-electron chi connectivity index (χ1n) is 13.8. The van der Waals surface area contributed by atoms with Gasteiger partial charge in [-0.3, -0.25) is 19.3 Å². The van der Waals surface area contributed by atoms with Gasteiger partial charge in [0.1, 0.15) is 0 Å². The third-order valence-corrected chi connectivity index (χ3v) is 12.1. The van der Waals surface area contributed by atoms with Crippen molar-refractivity contribution < 1.29 is 28.6 Å². The van der Waals surface area contributed by atoms with E-state index in [4.69, 9.17) is 14.2 Å². The Bertz CT molecular complexity index is 1650. The standard InChI is InChI=1S/C30H27BrN2O7S2/c1-3-39-20(34)12-40-18-9-4-13(10-19(18)38-2)21-22-16-11-17(25(22)41-27-26(21)42-30(37)32-27)24-23(16)28(35)33(29(24)36)15-7-5-14(31)6-8-15/h4-10,16-17,21-25H,3,11-12H2,1-2H3,(H,32,37)/t16?,17?,21-,22?,23?,24?,25?/m1/s1. The number of hydrogen-bond donors (Lipinski definition) is 1. The number of fused-ring (bicyclic) bond motifs is 9. The Morgan fingerprint density at radius 1 is 1.05 bits per heavy atom. The van der Waals surface area contributed by atoms with Gasteiger partial charge in [-0.15, -0.1) is 11.8 Å². The van der Waals surface area contributed by atoms with Crippen molar-refractivity contribution >= 4 is 62.5 Å². The number of imide groups is 1. The van der Waals surface area contributed by atoms with Gasteiger partial charge in [0, 0.05) is 20.5 Å². The number of nitrogens with zero attached hydrogens (tertiary/aromatic N) is 1. The third-order valence-electron chi connectivity index (χ3n) is 9.01. The molecule has 2 amide bonds. The monoisotopic (exact) mass is 670 g/mol. The molecule has 6 unspecified atom stereocenters. The van der Waals surface area contributed by atoms with E-state index >= 15 is 0 Å². The average Bonchev–Trinajstić information content (AvgIpc) is 3.71. The molecule has 9 nitrogen and oxygen atoms in total. The number of aromatic amines is 1. The maximum atomic E-state index is 13.9. The fourth-order valence-electron chi connectivity index (χ4n) is 7.57. The Labute approximate surface area is 258 Å². The van der Waals surface area contributed by atoms with Gasteiger partial charge >= 0.3 is 10.8 Å². The number of anilines is 1. The largest absolute Gasteiger partial charge is 0.493 e. The summed E-state index contributed by atoms with van der Waals surface area (Å²) in [6.07, 6.45) is 0.802. The number of carbonyl (C=O) groups excluding carboxylic acids is 3. The van der Waals surface area contributed by atoms with Crippen molar-refractivity contribution in [3.8, 4) is 11.5 Å². The van der Waals surface area contributed by atoms with Gasteiger partial charge < -0.3 is 19.2 Å². The molecular weight excluding hydrogens is 644 g/mol. The highest BCUT2D eigenvalue weighted by Gasteiger charge is 2.69. The minimum Gasteiger partial charge on any atom is -0.493 e. The number of nitrogens with one attached hydrogen (secondary N) is 1. The van der Waals surface area contributed by atoms with Crippen molar-refractivity contribution in [3.05, 3.63) is 67.0 Å². The lowest BCUT2D eigenvalue weighted by molar-refractivity contribution is -0.145. The quantitative estimate of drug-likeness (QED) is 0.281. The van der Waals surface area contributed by atoms with E-state index < -0.39 is 5.97 Å². The molecule has 2 saturated carbocycles. The van der Waals surface area contributed by atoms with Crippen LogP contribution in [0.4, 0.5) is 5.69 Å². The van der Waals surface area contributed by atoms with Crippen molar-refractivity contribution in [1.82, 2.24) is 4.98 Å². The summed E-state index contributed by atoms with van der Waals surface area (Å²) in [7, 11) is 1.54. The Morgan fingerprint density at radius 2 is 1.79 bits per heavy atom. The van der Waals surface area contributed by atoms with E-state index in [0.29, 0.717) is 17.2 Å². The molecular formula is C30H27BrN2O7S2. The van der Waals surface area contributed by atoms with Gasteiger partial charge in [-0.2, -0.15) is 0 Å². The second kappa shape index (κ2) is 10.6. The lowest BCUT2D eigenvalue weighted by Crippen LogP contribution is -2.42. The number of amides is 2. The molecule has 3 heterocycles. The molecule has 7 atom stereocenters. The summed E-state index contributed by atoms with van der Waals surface area (Å²) in [6.45, 7) is 1.76. The molecule has 4 aliphatic rings. The fraction of sp³-hybridized carbons (Fsp3) is 0.400. The topological polar surface area (TPSA) is 115 Å². The number of esters is 1. The SMILES string of the molecule is CCOC(=O)COc1ccc([C@H]2c3sc(=O)[nH]c3SC3C4CC(C5C(=O)N(c6ccc(Br)cc6)C(=O)C45)C32)cc1OC. The molecule has 7 rings (SSSR count). The number of ether oxygens (including phenoxy) is 3. The highest BCUT2D eigenvalue weighted by atomic mass is 79.9. The number of thiazole rings is 1. The third kappa shape index (κ3) is 4.24. The number of thioether (sulfide) groups is 1. The molecule has 3 aromatic rings. The fourth-order valence-corrected chi connectivity index (χ4v) is 10.7. The van der Waals surface area contributed by atoms with Crippen molar-refractivity contribution in [3.63, 3.8) is 0 Å². The first-order chi connectivity index (χ1) is 20.3. The Hall–Kier alpha value is -3.09. The Balaban J connectivity index is 1.25. The molecule has 2 aromatic carbocycles. The number of carbonyl (C=O) groups is 3. The van der Waals surface area contributed by atoms with E-state index in [1.807, 2.05) is 24.3 Å². The van der Waals surface area contributed by atoms with Crippen LogP contribution in [0.2, 0.25) is 0 Å². The number of benzene rings is 2. The van der Waals surface area contributed by atoms with Gasteiger partial charge in [0.25, 0.3) is 0 Å². The van der Waals surface area contributed by atoms with Crippen molar-refractivity contribution in [2.24, 2.45) is 29.6 Å². The summed E-state index contributed by atoms with van der Waals surface area (Å²) in [5, 5.41) is 0.912. The molecule has 2 aliphatic heterocycles. The number of aromatic nitrogens is 1. The average molecular weight is 672 g/mol. The zero-order valence-corrected chi connectivity index (χ0v) is 25.9. The van der Waals surface area contributed by atoms with E-state index in [0.717, 1.165) is 26.4 Å². The Morgan fingerprint density at radius 3 is 2.50 bits per heavy atom. The van der Waals surface area contributed by atoms with E-state index in [1.54, 1.807) is 36.9 Å². The molecule has 0 spiro atoms. The lowest BCUT2D eigenvalue weighted by Gasteiger charge is -2.43. The predicted molar refractivity (Wildman–Crippen MR) is 160 cm³/mol. The number of methoxy groups -OCH3 is 1. The summed E-state index contributed by atoms with van der Waals surface area (Å²) < 4.78 is 17.2. The molecule has 3 fully saturated rings. The molecule has 42 heavy (non-hydrogen) atoms.